The van der Waals surface area contributed by atoms with Crippen LogP contribution in [0.1, 0.15) is 33.1 Å². The molecular weight excluding hydrogens is 274 g/mol. The summed E-state index contributed by atoms with van der Waals surface area (Å²) < 4.78 is 4.47. The highest BCUT2D eigenvalue weighted by Gasteiger charge is 2.27. The Balaban J connectivity index is 2.55. The summed E-state index contributed by atoms with van der Waals surface area (Å²) in [5, 5.41) is 8.35. The van der Waals surface area contributed by atoms with Crippen LogP contribution in [-0.2, 0) is 19.1 Å². The Morgan fingerprint density at radius 1 is 1.33 bits per heavy atom. The number of hydrogen-bond acceptors (Lipinski definition) is 5. The van der Waals surface area contributed by atoms with E-state index in [0.29, 0.717) is 6.42 Å². The molecule has 0 saturated carbocycles. The first-order valence-corrected chi connectivity index (χ1v) is 7.32. The van der Waals surface area contributed by atoms with Crippen LogP contribution in [0.4, 0.5) is 0 Å². The normalized spacial score (nSPS) is 19.1. The highest BCUT2D eigenvalue weighted by Crippen LogP contribution is 2.08. The molecule has 7 heteroatoms. The van der Waals surface area contributed by atoms with Gasteiger partial charge in [0.1, 0.15) is 12.6 Å². The van der Waals surface area contributed by atoms with Crippen molar-refractivity contribution in [2.45, 2.75) is 45.2 Å². The van der Waals surface area contributed by atoms with Gasteiger partial charge in [0.15, 0.2) is 0 Å². The number of carbonyl (C=O) groups excluding carboxylic acids is 3. The molecule has 0 aromatic heterocycles. The van der Waals surface area contributed by atoms with E-state index in [1.54, 1.807) is 0 Å². The van der Waals surface area contributed by atoms with Crippen LogP contribution >= 0.6 is 0 Å². The average molecular weight is 299 g/mol. The van der Waals surface area contributed by atoms with Gasteiger partial charge in [-0.15, -0.1) is 0 Å². The van der Waals surface area contributed by atoms with Gasteiger partial charge in [0.2, 0.25) is 11.8 Å². The van der Waals surface area contributed by atoms with E-state index in [9.17, 15) is 14.4 Å². The Hall–Kier alpha value is -1.63. The van der Waals surface area contributed by atoms with Crippen molar-refractivity contribution in [3.8, 4) is 0 Å². The zero-order valence-electron chi connectivity index (χ0n) is 12.9. The number of rotatable bonds is 7. The first kappa shape index (κ1) is 17.4. The van der Waals surface area contributed by atoms with Crippen molar-refractivity contribution < 1.29 is 19.1 Å². The van der Waals surface area contributed by atoms with Gasteiger partial charge in [-0.25, -0.2) is 0 Å². The summed E-state index contributed by atoms with van der Waals surface area (Å²) in [6.07, 6.45) is 2.26. The van der Waals surface area contributed by atoms with E-state index < -0.39 is 12.0 Å². The van der Waals surface area contributed by atoms with Gasteiger partial charge in [0, 0.05) is 0 Å². The van der Waals surface area contributed by atoms with Crippen LogP contribution in [0.15, 0.2) is 0 Å². The van der Waals surface area contributed by atoms with Gasteiger partial charge < -0.3 is 20.7 Å². The van der Waals surface area contributed by atoms with Gasteiger partial charge in [0.05, 0.1) is 13.2 Å². The molecule has 0 bridgehead atoms. The fourth-order valence-electron chi connectivity index (χ4n) is 2.24. The number of carbonyl (C=O) groups is 3. The number of esters is 1. The largest absolute Gasteiger partial charge is 0.468 e. The van der Waals surface area contributed by atoms with E-state index in [1.807, 2.05) is 13.8 Å². The molecule has 3 N–H and O–H groups in total. The molecule has 0 aliphatic carbocycles. The third kappa shape index (κ3) is 6.12. The summed E-state index contributed by atoms with van der Waals surface area (Å²) in [6, 6.07) is -0.863. The third-order valence-electron chi connectivity index (χ3n) is 3.35. The molecule has 1 saturated heterocycles. The number of hydrogen-bond donors (Lipinski definition) is 3. The lowest BCUT2D eigenvalue weighted by Crippen LogP contribution is -2.52. The van der Waals surface area contributed by atoms with Crippen LogP contribution in [-0.4, -0.2) is 50.1 Å². The van der Waals surface area contributed by atoms with Gasteiger partial charge >= 0.3 is 5.97 Å². The summed E-state index contributed by atoms with van der Waals surface area (Å²) >= 11 is 0. The van der Waals surface area contributed by atoms with E-state index in [0.717, 1.165) is 19.4 Å². The average Bonchev–Trinajstić information content (AvgIpc) is 2.97. The predicted octanol–water partition coefficient (Wildman–Crippen LogP) is -0.441. The van der Waals surface area contributed by atoms with Crippen LogP contribution in [0.3, 0.4) is 0 Å². The fraction of sp³-hybridized carbons (Fsp3) is 0.786. The zero-order valence-corrected chi connectivity index (χ0v) is 12.9. The minimum absolute atomic E-state index is 0.161. The molecular formula is C14H25N3O4. The van der Waals surface area contributed by atoms with Crippen LogP contribution in [0.2, 0.25) is 0 Å². The standard InChI is InChI=1S/C14H25N3O4/c1-9(2)7-11(13(19)16-8-12(18)21-3)17-14(20)10-5-4-6-15-10/h9-11,15H,4-8H2,1-3H3,(H,16,19)(H,17,20)/t10-,11-/m0/s1. The summed E-state index contributed by atoms with van der Waals surface area (Å²) in [5.74, 6) is -0.794. The molecule has 0 aromatic carbocycles. The Morgan fingerprint density at radius 3 is 2.57 bits per heavy atom. The lowest BCUT2D eigenvalue weighted by molar-refractivity contribution is -0.141. The van der Waals surface area contributed by atoms with Crippen LogP contribution < -0.4 is 16.0 Å². The maximum Gasteiger partial charge on any atom is 0.325 e. The predicted molar refractivity (Wildman–Crippen MR) is 77.4 cm³/mol. The second-order valence-electron chi connectivity index (χ2n) is 5.63. The molecule has 1 aliphatic heterocycles. The monoisotopic (exact) mass is 299 g/mol. The summed E-state index contributed by atoms with van der Waals surface area (Å²) in [5.41, 5.74) is 0. The molecule has 21 heavy (non-hydrogen) atoms. The number of ether oxygens (including phenoxy) is 1. The maximum absolute atomic E-state index is 12.1. The van der Waals surface area contributed by atoms with E-state index in [1.165, 1.54) is 7.11 Å². The lowest BCUT2D eigenvalue weighted by Gasteiger charge is -2.21. The Labute approximate surface area is 125 Å². The SMILES string of the molecule is COC(=O)CNC(=O)[C@H](CC(C)C)NC(=O)[C@@H]1CCCN1. The molecule has 0 aromatic rings. The quantitative estimate of drug-likeness (QED) is 0.554. The minimum Gasteiger partial charge on any atom is -0.468 e. The molecule has 120 valence electrons. The van der Waals surface area contributed by atoms with Crippen molar-refractivity contribution >= 4 is 17.8 Å². The first-order valence-electron chi connectivity index (χ1n) is 7.32. The summed E-state index contributed by atoms with van der Waals surface area (Å²) in [4.78, 5) is 35.2. The topological polar surface area (TPSA) is 96.5 Å². The molecule has 0 unspecified atom stereocenters. The highest BCUT2D eigenvalue weighted by molar-refractivity contribution is 5.91. The Kier molecular flexibility index (Phi) is 7.14. The molecule has 0 radical (unpaired) electrons. The third-order valence-corrected chi connectivity index (χ3v) is 3.35. The van der Waals surface area contributed by atoms with E-state index in [2.05, 4.69) is 20.7 Å². The minimum atomic E-state index is -0.635. The zero-order chi connectivity index (χ0) is 15.8. The van der Waals surface area contributed by atoms with Gasteiger partial charge in [-0.1, -0.05) is 13.8 Å². The van der Waals surface area contributed by atoms with Crippen molar-refractivity contribution in [2.75, 3.05) is 20.2 Å². The van der Waals surface area contributed by atoms with Crippen molar-refractivity contribution in [1.29, 1.82) is 0 Å². The second kappa shape index (κ2) is 8.61. The van der Waals surface area contributed by atoms with Crippen LogP contribution in [0.25, 0.3) is 0 Å². The molecule has 1 aliphatic rings. The molecule has 2 atom stereocenters. The maximum atomic E-state index is 12.1. The highest BCUT2D eigenvalue weighted by atomic mass is 16.5. The lowest BCUT2D eigenvalue weighted by atomic mass is 10.0. The second-order valence-corrected chi connectivity index (χ2v) is 5.63. The van der Waals surface area contributed by atoms with E-state index in [-0.39, 0.29) is 30.3 Å². The van der Waals surface area contributed by atoms with Crippen LogP contribution in [0.5, 0.6) is 0 Å². The van der Waals surface area contributed by atoms with Crippen molar-refractivity contribution in [2.24, 2.45) is 5.92 Å². The van der Waals surface area contributed by atoms with Crippen molar-refractivity contribution in [3.05, 3.63) is 0 Å². The Bertz CT molecular complexity index is 378. The van der Waals surface area contributed by atoms with Gasteiger partial charge in [-0.3, -0.25) is 14.4 Å². The van der Waals surface area contributed by atoms with Gasteiger partial charge in [-0.05, 0) is 31.7 Å². The molecule has 0 spiro atoms. The number of nitrogens with one attached hydrogen (secondary N) is 3. The van der Waals surface area contributed by atoms with Crippen molar-refractivity contribution in [1.82, 2.24) is 16.0 Å². The van der Waals surface area contributed by atoms with Crippen LogP contribution in [0, 0.1) is 5.92 Å². The summed E-state index contributed by atoms with van der Waals surface area (Å²) in [6.45, 7) is 4.57. The molecule has 2 amide bonds. The fourth-order valence-corrected chi connectivity index (χ4v) is 2.24. The van der Waals surface area contributed by atoms with Gasteiger partial charge in [-0.2, -0.15) is 0 Å². The first-order chi connectivity index (χ1) is 9.93. The van der Waals surface area contributed by atoms with E-state index >= 15 is 0 Å². The molecule has 1 fully saturated rings. The number of methoxy groups -OCH3 is 1. The summed E-state index contributed by atoms with van der Waals surface area (Å²) in [7, 11) is 1.26. The smallest absolute Gasteiger partial charge is 0.325 e. The van der Waals surface area contributed by atoms with E-state index in [4.69, 9.17) is 0 Å². The molecule has 7 nitrogen and oxygen atoms in total. The van der Waals surface area contributed by atoms with Gasteiger partial charge in [0.25, 0.3) is 0 Å². The molecule has 1 heterocycles. The van der Waals surface area contributed by atoms with Crippen molar-refractivity contribution in [3.63, 3.8) is 0 Å². The molecule has 1 rings (SSSR count). The number of amides is 2. The Morgan fingerprint density at radius 2 is 2.05 bits per heavy atom.